The molecule has 0 bridgehead atoms. The number of aromatic hydroxyl groups is 1. The van der Waals surface area contributed by atoms with E-state index in [0.717, 1.165) is 5.56 Å². The summed E-state index contributed by atoms with van der Waals surface area (Å²) in [6, 6.07) is 13.8. The lowest BCUT2D eigenvalue weighted by atomic mass is 10.1. The highest BCUT2D eigenvalue weighted by molar-refractivity contribution is 6.30. The molecular weight excluding hydrogens is 262 g/mol. The van der Waals surface area contributed by atoms with Crippen LogP contribution in [0.2, 0.25) is 5.02 Å². The fourth-order valence-corrected chi connectivity index (χ4v) is 1.92. The first-order valence-corrected chi connectivity index (χ1v) is 6.23. The maximum atomic E-state index is 12.2. The molecule has 2 aromatic rings. The van der Waals surface area contributed by atoms with Gasteiger partial charge in [0, 0.05) is 18.6 Å². The van der Waals surface area contributed by atoms with Crippen LogP contribution in [0.1, 0.15) is 15.9 Å². The molecule has 0 aliphatic heterocycles. The fraction of sp³-hybridized carbons (Fsp3) is 0.133. The first-order chi connectivity index (χ1) is 9.08. The number of hydrogen-bond acceptors (Lipinski definition) is 2. The minimum absolute atomic E-state index is 0.00421. The van der Waals surface area contributed by atoms with Gasteiger partial charge in [-0.15, -0.1) is 0 Å². The summed E-state index contributed by atoms with van der Waals surface area (Å²) in [4.78, 5) is 13.7. The molecule has 19 heavy (non-hydrogen) atoms. The van der Waals surface area contributed by atoms with Gasteiger partial charge < -0.3 is 10.0 Å². The van der Waals surface area contributed by atoms with Crippen molar-refractivity contribution in [3.63, 3.8) is 0 Å². The van der Waals surface area contributed by atoms with Crippen molar-refractivity contribution in [2.75, 3.05) is 7.05 Å². The fourth-order valence-electron chi connectivity index (χ4n) is 1.80. The largest absolute Gasteiger partial charge is 0.507 e. The molecule has 0 unspecified atom stereocenters. The van der Waals surface area contributed by atoms with Gasteiger partial charge >= 0.3 is 0 Å². The maximum absolute atomic E-state index is 12.2. The second kappa shape index (κ2) is 5.76. The van der Waals surface area contributed by atoms with Crippen molar-refractivity contribution in [3.8, 4) is 5.75 Å². The van der Waals surface area contributed by atoms with Crippen LogP contribution in [-0.4, -0.2) is 23.0 Å². The van der Waals surface area contributed by atoms with Gasteiger partial charge in [0.05, 0.1) is 5.56 Å². The normalized spacial score (nSPS) is 10.2. The first kappa shape index (κ1) is 13.4. The molecule has 0 saturated carbocycles. The van der Waals surface area contributed by atoms with E-state index < -0.39 is 0 Å². The Bertz CT molecular complexity index is 581. The summed E-state index contributed by atoms with van der Waals surface area (Å²) in [5, 5.41) is 10.3. The number of rotatable bonds is 3. The first-order valence-electron chi connectivity index (χ1n) is 5.86. The van der Waals surface area contributed by atoms with E-state index in [9.17, 15) is 9.90 Å². The zero-order valence-corrected chi connectivity index (χ0v) is 11.3. The van der Waals surface area contributed by atoms with Crippen LogP contribution >= 0.6 is 11.6 Å². The van der Waals surface area contributed by atoms with Gasteiger partial charge in [0.2, 0.25) is 0 Å². The van der Waals surface area contributed by atoms with Gasteiger partial charge in [-0.2, -0.15) is 0 Å². The number of carbonyl (C=O) groups is 1. The number of phenolic OH excluding ortho intramolecular Hbond substituents is 1. The third-order valence-corrected chi connectivity index (χ3v) is 3.07. The summed E-state index contributed by atoms with van der Waals surface area (Å²) >= 11 is 5.81. The Balaban J connectivity index is 2.12. The molecule has 0 fully saturated rings. The van der Waals surface area contributed by atoms with Crippen molar-refractivity contribution in [1.29, 1.82) is 0 Å². The van der Waals surface area contributed by atoms with E-state index in [2.05, 4.69) is 0 Å². The smallest absolute Gasteiger partial charge is 0.257 e. The van der Waals surface area contributed by atoms with E-state index >= 15 is 0 Å². The summed E-state index contributed by atoms with van der Waals surface area (Å²) in [5.41, 5.74) is 1.29. The molecule has 0 aliphatic carbocycles. The average molecular weight is 276 g/mol. The zero-order chi connectivity index (χ0) is 13.8. The van der Waals surface area contributed by atoms with Gasteiger partial charge in [-0.25, -0.2) is 0 Å². The van der Waals surface area contributed by atoms with Crippen molar-refractivity contribution in [3.05, 3.63) is 64.7 Å². The number of benzene rings is 2. The number of amides is 1. The average Bonchev–Trinajstić information content (AvgIpc) is 2.41. The lowest BCUT2D eigenvalue weighted by molar-refractivity contribution is 0.0782. The highest BCUT2D eigenvalue weighted by Gasteiger charge is 2.15. The third-order valence-electron chi connectivity index (χ3n) is 2.81. The van der Waals surface area contributed by atoms with Crippen LogP contribution in [0.15, 0.2) is 48.5 Å². The molecule has 4 heteroatoms. The van der Waals surface area contributed by atoms with E-state index in [4.69, 9.17) is 11.6 Å². The Morgan fingerprint density at radius 3 is 2.42 bits per heavy atom. The van der Waals surface area contributed by atoms with Crippen LogP contribution in [0.3, 0.4) is 0 Å². The van der Waals surface area contributed by atoms with Crippen molar-refractivity contribution in [2.24, 2.45) is 0 Å². The quantitative estimate of drug-likeness (QED) is 0.933. The molecule has 1 amide bonds. The molecule has 0 aromatic heterocycles. The number of carbonyl (C=O) groups excluding carboxylic acids is 1. The topological polar surface area (TPSA) is 40.5 Å². The van der Waals surface area contributed by atoms with Gasteiger partial charge in [0.25, 0.3) is 5.91 Å². The lowest BCUT2D eigenvalue weighted by Crippen LogP contribution is -2.26. The molecule has 3 nitrogen and oxygen atoms in total. The van der Waals surface area contributed by atoms with Crippen molar-refractivity contribution in [1.82, 2.24) is 4.90 Å². The Kier molecular flexibility index (Phi) is 4.07. The molecule has 1 N–H and O–H groups in total. The van der Waals surface area contributed by atoms with Gasteiger partial charge in [-0.3, -0.25) is 4.79 Å². The Hall–Kier alpha value is -2.00. The standard InChI is InChI=1S/C15H14ClNO2/c1-17(10-11-6-8-12(16)9-7-11)15(19)13-4-2-3-5-14(13)18/h2-9,18H,10H2,1H3. The highest BCUT2D eigenvalue weighted by Crippen LogP contribution is 2.18. The van der Waals surface area contributed by atoms with E-state index in [1.54, 1.807) is 42.3 Å². The second-order valence-corrected chi connectivity index (χ2v) is 4.74. The summed E-state index contributed by atoms with van der Waals surface area (Å²) < 4.78 is 0. The highest BCUT2D eigenvalue weighted by atomic mass is 35.5. The van der Waals surface area contributed by atoms with Crippen LogP contribution in [-0.2, 0) is 6.54 Å². The second-order valence-electron chi connectivity index (χ2n) is 4.30. The van der Waals surface area contributed by atoms with Crippen LogP contribution in [0.4, 0.5) is 0 Å². The van der Waals surface area contributed by atoms with E-state index in [-0.39, 0.29) is 11.7 Å². The Labute approximate surface area is 117 Å². The summed E-state index contributed by atoms with van der Waals surface area (Å²) in [6.07, 6.45) is 0. The minimum atomic E-state index is -0.215. The predicted molar refractivity (Wildman–Crippen MR) is 75.4 cm³/mol. The lowest BCUT2D eigenvalue weighted by Gasteiger charge is -2.18. The number of phenols is 1. The molecule has 0 saturated heterocycles. The molecule has 0 heterocycles. The van der Waals surface area contributed by atoms with Crippen LogP contribution < -0.4 is 0 Å². The minimum Gasteiger partial charge on any atom is -0.507 e. The molecule has 0 radical (unpaired) electrons. The molecule has 2 aromatic carbocycles. The molecule has 0 spiro atoms. The summed E-state index contributed by atoms with van der Waals surface area (Å²) in [5.74, 6) is -0.219. The molecule has 0 atom stereocenters. The van der Waals surface area contributed by atoms with Crippen LogP contribution in [0, 0.1) is 0 Å². The van der Waals surface area contributed by atoms with Crippen molar-refractivity contribution in [2.45, 2.75) is 6.54 Å². The third kappa shape index (κ3) is 3.26. The summed E-state index contributed by atoms with van der Waals surface area (Å²) in [6.45, 7) is 0.463. The number of para-hydroxylation sites is 1. The van der Waals surface area contributed by atoms with Gasteiger partial charge in [-0.05, 0) is 29.8 Å². The summed E-state index contributed by atoms with van der Waals surface area (Å²) in [7, 11) is 1.70. The van der Waals surface area contributed by atoms with E-state index in [1.807, 2.05) is 12.1 Å². The Morgan fingerprint density at radius 2 is 1.79 bits per heavy atom. The van der Waals surface area contributed by atoms with Gasteiger partial charge in [0.15, 0.2) is 0 Å². The Morgan fingerprint density at radius 1 is 1.16 bits per heavy atom. The van der Waals surface area contributed by atoms with Gasteiger partial charge in [-0.1, -0.05) is 35.9 Å². The predicted octanol–water partition coefficient (Wildman–Crippen LogP) is 3.32. The maximum Gasteiger partial charge on any atom is 0.257 e. The zero-order valence-electron chi connectivity index (χ0n) is 10.5. The van der Waals surface area contributed by atoms with Crippen molar-refractivity contribution >= 4 is 17.5 Å². The number of halogens is 1. The van der Waals surface area contributed by atoms with E-state index in [0.29, 0.717) is 17.1 Å². The van der Waals surface area contributed by atoms with Crippen molar-refractivity contribution < 1.29 is 9.90 Å². The SMILES string of the molecule is CN(Cc1ccc(Cl)cc1)C(=O)c1ccccc1O. The van der Waals surface area contributed by atoms with Crippen LogP contribution in [0.5, 0.6) is 5.75 Å². The van der Waals surface area contributed by atoms with Crippen LogP contribution in [0.25, 0.3) is 0 Å². The molecule has 0 aliphatic rings. The molecule has 98 valence electrons. The molecular formula is C15H14ClNO2. The monoisotopic (exact) mass is 275 g/mol. The molecule has 2 rings (SSSR count). The van der Waals surface area contributed by atoms with E-state index in [1.165, 1.54) is 6.07 Å². The number of nitrogens with zero attached hydrogens (tertiary/aromatic N) is 1. The number of hydrogen-bond donors (Lipinski definition) is 1. The van der Waals surface area contributed by atoms with Gasteiger partial charge in [0.1, 0.15) is 5.75 Å².